The van der Waals surface area contributed by atoms with Gasteiger partial charge in [0.2, 0.25) is 11.8 Å². The van der Waals surface area contributed by atoms with E-state index in [1.807, 2.05) is 12.2 Å². The van der Waals surface area contributed by atoms with Crippen molar-refractivity contribution in [1.29, 1.82) is 0 Å². The smallest absolute Gasteiger partial charge is 0.294 e. The van der Waals surface area contributed by atoms with Crippen LogP contribution in [0.5, 0.6) is 0 Å². The van der Waals surface area contributed by atoms with Crippen LogP contribution >= 0.6 is 0 Å². The number of fused-ring (bicyclic) bond motifs is 5. The topological polar surface area (TPSA) is 102 Å². The Kier molecular flexibility index (Phi) is 3.99. The van der Waals surface area contributed by atoms with E-state index in [9.17, 15) is 19.7 Å². The van der Waals surface area contributed by atoms with Crippen LogP contribution in [0.4, 0.5) is 17.1 Å². The molecule has 1 heterocycles. The van der Waals surface area contributed by atoms with Gasteiger partial charge in [-0.05, 0) is 30.4 Å². The minimum atomic E-state index is -0.518. The zero-order valence-corrected chi connectivity index (χ0v) is 14.3. The van der Waals surface area contributed by atoms with Crippen LogP contribution in [0.15, 0.2) is 30.4 Å². The number of hydrogen-bond donors (Lipinski definition) is 1. The normalized spacial score (nSPS) is 28.7. The highest BCUT2D eigenvalue weighted by Gasteiger charge is 2.59. The minimum absolute atomic E-state index is 0.108. The molecular formula is C18H19N3O5. The molecule has 0 spiro atoms. The predicted molar refractivity (Wildman–Crippen MR) is 93.7 cm³/mol. The highest BCUT2D eigenvalue weighted by Crippen LogP contribution is 2.53. The van der Waals surface area contributed by atoms with Crippen LogP contribution in [0.1, 0.15) is 6.42 Å². The van der Waals surface area contributed by atoms with Gasteiger partial charge < -0.3 is 10.1 Å². The summed E-state index contributed by atoms with van der Waals surface area (Å²) < 4.78 is 4.93. The van der Waals surface area contributed by atoms with Gasteiger partial charge in [0.05, 0.1) is 29.1 Å². The molecular weight excluding hydrogens is 338 g/mol. The van der Waals surface area contributed by atoms with Crippen molar-refractivity contribution >= 4 is 28.9 Å². The van der Waals surface area contributed by atoms with Crippen LogP contribution in [0.25, 0.3) is 0 Å². The summed E-state index contributed by atoms with van der Waals surface area (Å²) in [6.07, 6.45) is 4.89. The molecule has 1 aliphatic heterocycles. The lowest BCUT2D eigenvalue weighted by molar-refractivity contribution is -0.383. The number of amides is 2. The number of ether oxygens (including phenoxy) is 1. The molecule has 3 aliphatic rings. The Morgan fingerprint density at radius 2 is 1.88 bits per heavy atom. The number of carbonyl (C=O) groups is 2. The van der Waals surface area contributed by atoms with E-state index in [0.717, 1.165) is 11.3 Å². The van der Waals surface area contributed by atoms with Crippen LogP contribution < -0.4 is 10.2 Å². The number of imide groups is 1. The number of nitrogens with zero attached hydrogens (tertiary/aromatic N) is 2. The van der Waals surface area contributed by atoms with E-state index in [0.29, 0.717) is 18.8 Å². The Labute approximate surface area is 150 Å². The van der Waals surface area contributed by atoms with E-state index in [1.165, 1.54) is 12.1 Å². The predicted octanol–water partition coefficient (Wildman–Crippen LogP) is 1.96. The number of anilines is 2. The second-order valence-corrected chi connectivity index (χ2v) is 6.89. The van der Waals surface area contributed by atoms with Crippen molar-refractivity contribution in [2.45, 2.75) is 6.42 Å². The average molecular weight is 357 g/mol. The Hall–Kier alpha value is -2.74. The monoisotopic (exact) mass is 357 g/mol. The summed E-state index contributed by atoms with van der Waals surface area (Å²) in [5.74, 6) is -0.919. The van der Waals surface area contributed by atoms with Crippen LogP contribution in [-0.4, -0.2) is 37.0 Å². The molecule has 8 heteroatoms. The molecule has 4 atom stereocenters. The molecule has 8 nitrogen and oxygen atoms in total. The van der Waals surface area contributed by atoms with Gasteiger partial charge in [-0.25, -0.2) is 4.90 Å². The Morgan fingerprint density at radius 1 is 1.23 bits per heavy atom. The molecule has 1 N–H and O–H groups in total. The van der Waals surface area contributed by atoms with Crippen molar-refractivity contribution in [3.63, 3.8) is 0 Å². The van der Waals surface area contributed by atoms with Crippen molar-refractivity contribution in [1.82, 2.24) is 0 Å². The number of carbonyl (C=O) groups excluding carboxylic acids is 2. The van der Waals surface area contributed by atoms with E-state index < -0.39 is 4.92 Å². The molecule has 2 fully saturated rings. The molecule has 1 aromatic rings. The summed E-state index contributed by atoms with van der Waals surface area (Å²) in [6, 6.07) is 4.40. The molecule has 1 aromatic carbocycles. The van der Waals surface area contributed by atoms with E-state index in [1.54, 1.807) is 13.2 Å². The van der Waals surface area contributed by atoms with Gasteiger partial charge in [-0.1, -0.05) is 12.2 Å². The third kappa shape index (κ3) is 2.40. The molecule has 136 valence electrons. The summed E-state index contributed by atoms with van der Waals surface area (Å²) in [4.78, 5) is 37.7. The fourth-order valence-corrected chi connectivity index (χ4v) is 4.40. The summed E-state index contributed by atoms with van der Waals surface area (Å²) in [5.41, 5.74) is 0.423. The molecule has 2 amide bonds. The number of nitrogens with one attached hydrogen (secondary N) is 1. The largest absolute Gasteiger partial charge is 0.383 e. The van der Waals surface area contributed by atoms with Crippen LogP contribution in [-0.2, 0) is 14.3 Å². The van der Waals surface area contributed by atoms with E-state index >= 15 is 0 Å². The lowest BCUT2D eigenvalue weighted by Crippen LogP contribution is -2.32. The van der Waals surface area contributed by atoms with Gasteiger partial charge in [0.1, 0.15) is 5.69 Å². The first kappa shape index (κ1) is 16.7. The zero-order valence-electron chi connectivity index (χ0n) is 14.3. The molecule has 0 unspecified atom stereocenters. The number of methoxy groups -OCH3 is 1. The average Bonchev–Trinajstić information content (AvgIpc) is 3.29. The zero-order chi connectivity index (χ0) is 18.4. The first-order valence-electron chi connectivity index (χ1n) is 8.60. The van der Waals surface area contributed by atoms with Crippen molar-refractivity contribution in [3.8, 4) is 0 Å². The van der Waals surface area contributed by atoms with Gasteiger partial charge in [-0.3, -0.25) is 19.7 Å². The quantitative estimate of drug-likeness (QED) is 0.275. The Bertz CT molecular complexity index is 791. The first-order valence-corrected chi connectivity index (χ1v) is 8.60. The molecule has 4 rings (SSSR count). The summed E-state index contributed by atoms with van der Waals surface area (Å²) in [7, 11) is 1.54. The highest BCUT2D eigenvalue weighted by molar-refractivity contribution is 6.23. The molecule has 0 aromatic heterocycles. The molecule has 26 heavy (non-hydrogen) atoms. The highest BCUT2D eigenvalue weighted by atomic mass is 16.6. The van der Waals surface area contributed by atoms with E-state index in [-0.39, 0.29) is 46.9 Å². The molecule has 1 saturated heterocycles. The molecule has 0 radical (unpaired) electrons. The maximum atomic E-state index is 12.8. The fourth-order valence-electron chi connectivity index (χ4n) is 4.40. The van der Waals surface area contributed by atoms with Crippen molar-refractivity contribution in [2.24, 2.45) is 23.7 Å². The third-order valence-electron chi connectivity index (χ3n) is 5.53. The number of nitro groups is 1. The second kappa shape index (κ2) is 6.21. The second-order valence-electron chi connectivity index (χ2n) is 6.89. The van der Waals surface area contributed by atoms with Crippen LogP contribution in [0.3, 0.4) is 0 Å². The van der Waals surface area contributed by atoms with E-state index in [2.05, 4.69) is 5.32 Å². The molecule has 2 aliphatic carbocycles. The molecule has 1 saturated carbocycles. The maximum Gasteiger partial charge on any atom is 0.294 e. The number of hydrogen-bond acceptors (Lipinski definition) is 6. The van der Waals surface area contributed by atoms with Crippen LogP contribution in [0.2, 0.25) is 0 Å². The summed E-state index contributed by atoms with van der Waals surface area (Å²) in [6.45, 7) is 0.818. The Morgan fingerprint density at radius 3 is 2.46 bits per heavy atom. The maximum absolute atomic E-state index is 12.8. The van der Waals surface area contributed by atoms with Gasteiger partial charge in [-0.2, -0.15) is 0 Å². The Balaban J connectivity index is 1.64. The number of rotatable bonds is 6. The third-order valence-corrected chi connectivity index (χ3v) is 5.53. The minimum Gasteiger partial charge on any atom is -0.383 e. The van der Waals surface area contributed by atoms with Crippen molar-refractivity contribution in [3.05, 3.63) is 40.5 Å². The number of allylic oxidation sites excluding steroid dienone is 2. The summed E-state index contributed by atoms with van der Waals surface area (Å²) in [5, 5.41) is 14.4. The van der Waals surface area contributed by atoms with E-state index in [4.69, 9.17) is 4.74 Å². The summed E-state index contributed by atoms with van der Waals surface area (Å²) >= 11 is 0. The van der Waals surface area contributed by atoms with Crippen LogP contribution in [0, 0.1) is 33.8 Å². The van der Waals surface area contributed by atoms with Gasteiger partial charge in [0, 0.05) is 19.7 Å². The van der Waals surface area contributed by atoms with Gasteiger partial charge in [0.15, 0.2) is 0 Å². The van der Waals surface area contributed by atoms with Gasteiger partial charge >= 0.3 is 0 Å². The van der Waals surface area contributed by atoms with Crippen molar-refractivity contribution in [2.75, 3.05) is 30.5 Å². The van der Waals surface area contributed by atoms with Gasteiger partial charge in [-0.15, -0.1) is 0 Å². The number of nitro benzene ring substituents is 1. The SMILES string of the molecule is COCCNc1ccc(N2C(=O)[C@@H]3[C@@H](C2=O)[C@H]2C=C[C@H]3C2)cc1[N+](=O)[O-]. The van der Waals surface area contributed by atoms with Gasteiger partial charge in [0.25, 0.3) is 5.69 Å². The lowest BCUT2D eigenvalue weighted by Gasteiger charge is -2.18. The molecule has 2 bridgehead atoms. The first-order chi connectivity index (χ1) is 12.5. The lowest BCUT2D eigenvalue weighted by atomic mass is 9.85. The number of benzene rings is 1. The standard InChI is InChI=1S/C18H19N3O5/c1-26-7-6-19-13-5-4-12(9-14(13)21(24)25)20-17(22)15-10-2-3-11(8-10)16(15)18(20)23/h2-5,9-11,15-16,19H,6-8H2,1H3/t10-,11-,15-,16-/m0/s1. The fraction of sp³-hybridized carbons (Fsp3) is 0.444. The van der Waals surface area contributed by atoms with Crippen molar-refractivity contribution < 1.29 is 19.2 Å².